The lowest BCUT2D eigenvalue weighted by Gasteiger charge is -2.13. The number of hydrogen-bond donors (Lipinski definition) is 0. The summed E-state index contributed by atoms with van der Waals surface area (Å²) in [6.07, 6.45) is 0. The number of rotatable bonds is 2. The van der Waals surface area contributed by atoms with Crippen LogP contribution in [0.3, 0.4) is 0 Å². The highest BCUT2D eigenvalue weighted by Gasteiger charge is 2.16. The fourth-order valence-corrected chi connectivity index (χ4v) is 1.79. The summed E-state index contributed by atoms with van der Waals surface area (Å²) in [4.78, 5) is 11.2. The van der Waals surface area contributed by atoms with E-state index in [0.29, 0.717) is 11.3 Å². The van der Waals surface area contributed by atoms with E-state index < -0.39 is 5.24 Å². The van der Waals surface area contributed by atoms with Crippen molar-refractivity contribution in [3.05, 3.63) is 28.3 Å². The van der Waals surface area contributed by atoms with Crippen LogP contribution in [0.2, 0.25) is 0 Å². The lowest BCUT2D eigenvalue weighted by Crippen LogP contribution is -2.02. The number of hydrogen-bond acceptors (Lipinski definition) is 2. The number of carbonyl (C=O) groups excluding carboxylic acids is 1. The molecule has 1 aromatic rings. The minimum Gasteiger partial charge on any atom is -0.496 e. The highest BCUT2D eigenvalue weighted by atomic mass is 35.5. The minimum absolute atomic E-state index is 0.470. The molecule has 0 amide bonds. The fourth-order valence-electron chi connectivity index (χ4n) is 1.55. The highest BCUT2D eigenvalue weighted by molar-refractivity contribution is 6.68. The van der Waals surface area contributed by atoms with Gasteiger partial charge in [0.25, 0.3) is 5.24 Å². The normalized spacial score (nSPS) is 10.1. The molecule has 0 spiro atoms. The van der Waals surface area contributed by atoms with Gasteiger partial charge < -0.3 is 4.74 Å². The fraction of sp³-hybridized carbons (Fsp3) is 0.364. The van der Waals surface area contributed by atoms with Crippen LogP contribution in [-0.2, 0) is 0 Å². The summed E-state index contributed by atoms with van der Waals surface area (Å²) >= 11 is 5.50. The van der Waals surface area contributed by atoms with Gasteiger partial charge in [0.2, 0.25) is 0 Å². The Morgan fingerprint density at radius 2 is 1.86 bits per heavy atom. The van der Waals surface area contributed by atoms with E-state index in [-0.39, 0.29) is 0 Å². The van der Waals surface area contributed by atoms with Gasteiger partial charge in [-0.3, -0.25) is 4.79 Å². The second-order valence-corrected chi connectivity index (χ2v) is 3.66. The first kappa shape index (κ1) is 11.1. The van der Waals surface area contributed by atoms with Crippen LogP contribution in [-0.4, -0.2) is 12.4 Å². The van der Waals surface area contributed by atoms with Gasteiger partial charge in [0.1, 0.15) is 5.75 Å². The summed E-state index contributed by atoms with van der Waals surface area (Å²) in [7, 11) is 1.55. The third-order valence-electron chi connectivity index (χ3n) is 2.39. The summed E-state index contributed by atoms with van der Waals surface area (Å²) in [6, 6.07) is 1.94. The zero-order valence-corrected chi connectivity index (χ0v) is 9.53. The predicted octanol–water partition coefficient (Wildman–Crippen LogP) is 3.00. The molecule has 0 aliphatic heterocycles. The molecule has 76 valence electrons. The van der Waals surface area contributed by atoms with Crippen LogP contribution in [0.1, 0.15) is 27.0 Å². The SMILES string of the molecule is COc1c(C)c(C)cc(C)c1C(=O)Cl. The Bertz CT molecular complexity index is 383. The number of methoxy groups -OCH3 is 1. The number of aryl methyl sites for hydroxylation is 2. The minimum atomic E-state index is -0.470. The van der Waals surface area contributed by atoms with Crippen LogP contribution >= 0.6 is 11.6 Å². The predicted molar refractivity (Wildman–Crippen MR) is 57.4 cm³/mol. The second kappa shape index (κ2) is 4.01. The third-order valence-corrected chi connectivity index (χ3v) is 2.58. The molecule has 14 heavy (non-hydrogen) atoms. The molecule has 0 N–H and O–H groups in total. The maximum atomic E-state index is 11.2. The van der Waals surface area contributed by atoms with Gasteiger partial charge in [0.05, 0.1) is 12.7 Å². The summed E-state index contributed by atoms with van der Waals surface area (Å²) < 4.78 is 5.19. The van der Waals surface area contributed by atoms with E-state index in [0.717, 1.165) is 16.7 Å². The monoisotopic (exact) mass is 212 g/mol. The van der Waals surface area contributed by atoms with Crippen LogP contribution in [0.4, 0.5) is 0 Å². The molecule has 0 heterocycles. The van der Waals surface area contributed by atoms with Gasteiger partial charge in [0.15, 0.2) is 0 Å². The van der Waals surface area contributed by atoms with Crippen molar-refractivity contribution in [3.63, 3.8) is 0 Å². The Labute approximate surface area is 88.8 Å². The Morgan fingerprint density at radius 1 is 1.29 bits per heavy atom. The van der Waals surface area contributed by atoms with E-state index in [1.54, 1.807) is 7.11 Å². The molecule has 2 nitrogen and oxygen atoms in total. The van der Waals surface area contributed by atoms with E-state index in [2.05, 4.69) is 0 Å². The zero-order valence-electron chi connectivity index (χ0n) is 8.77. The van der Waals surface area contributed by atoms with Crippen molar-refractivity contribution in [2.75, 3.05) is 7.11 Å². The maximum absolute atomic E-state index is 11.2. The standard InChI is InChI=1S/C11H13ClO2/c1-6-5-7(2)9(11(12)13)10(14-4)8(6)3/h5H,1-4H3. The van der Waals surface area contributed by atoms with Gasteiger partial charge in [-0.1, -0.05) is 6.07 Å². The topological polar surface area (TPSA) is 26.3 Å². The van der Waals surface area contributed by atoms with E-state index in [9.17, 15) is 4.79 Å². The van der Waals surface area contributed by atoms with Gasteiger partial charge in [-0.15, -0.1) is 0 Å². The average Bonchev–Trinajstić information content (AvgIpc) is 2.09. The largest absolute Gasteiger partial charge is 0.496 e. The van der Waals surface area contributed by atoms with Crippen molar-refractivity contribution in [2.24, 2.45) is 0 Å². The number of halogens is 1. The zero-order chi connectivity index (χ0) is 10.9. The van der Waals surface area contributed by atoms with Crippen molar-refractivity contribution >= 4 is 16.8 Å². The molecule has 0 aliphatic carbocycles. The molecule has 1 rings (SSSR count). The molecule has 0 aliphatic rings. The Balaban J connectivity index is 3.55. The molecule has 0 saturated carbocycles. The molecule has 0 unspecified atom stereocenters. The Kier molecular flexibility index (Phi) is 3.17. The van der Waals surface area contributed by atoms with Crippen molar-refractivity contribution < 1.29 is 9.53 Å². The molecule has 0 saturated heterocycles. The van der Waals surface area contributed by atoms with Crippen LogP contribution in [0.5, 0.6) is 5.75 Å². The summed E-state index contributed by atoms with van der Waals surface area (Å²) in [6.45, 7) is 5.74. The first-order valence-electron chi connectivity index (χ1n) is 4.33. The first-order valence-corrected chi connectivity index (χ1v) is 4.71. The molecule has 0 fully saturated rings. The van der Waals surface area contributed by atoms with Gasteiger partial charge in [-0.25, -0.2) is 0 Å². The maximum Gasteiger partial charge on any atom is 0.256 e. The van der Waals surface area contributed by atoms with E-state index in [1.165, 1.54) is 0 Å². The van der Waals surface area contributed by atoms with Crippen LogP contribution in [0.25, 0.3) is 0 Å². The van der Waals surface area contributed by atoms with Crippen molar-refractivity contribution in [1.29, 1.82) is 0 Å². The van der Waals surface area contributed by atoms with E-state index in [4.69, 9.17) is 16.3 Å². The molecule has 0 aromatic heterocycles. The molecule has 3 heteroatoms. The molecule has 0 bridgehead atoms. The average molecular weight is 213 g/mol. The molecular formula is C11H13ClO2. The highest BCUT2D eigenvalue weighted by Crippen LogP contribution is 2.30. The van der Waals surface area contributed by atoms with E-state index >= 15 is 0 Å². The van der Waals surface area contributed by atoms with Crippen molar-refractivity contribution in [1.82, 2.24) is 0 Å². The van der Waals surface area contributed by atoms with Gasteiger partial charge >= 0.3 is 0 Å². The van der Waals surface area contributed by atoms with Gasteiger partial charge in [-0.05, 0) is 49.1 Å². The summed E-state index contributed by atoms with van der Waals surface area (Å²) in [5.41, 5.74) is 3.38. The Morgan fingerprint density at radius 3 is 2.29 bits per heavy atom. The van der Waals surface area contributed by atoms with Gasteiger partial charge in [-0.2, -0.15) is 0 Å². The molecule has 0 atom stereocenters. The second-order valence-electron chi connectivity index (χ2n) is 3.32. The van der Waals surface area contributed by atoms with Crippen LogP contribution in [0.15, 0.2) is 6.07 Å². The third kappa shape index (κ3) is 1.75. The van der Waals surface area contributed by atoms with Gasteiger partial charge in [0, 0.05) is 0 Å². The number of benzene rings is 1. The lowest BCUT2D eigenvalue weighted by molar-refractivity contribution is 0.107. The number of carbonyl (C=O) groups is 1. The van der Waals surface area contributed by atoms with Crippen LogP contribution < -0.4 is 4.74 Å². The smallest absolute Gasteiger partial charge is 0.256 e. The number of ether oxygens (including phenoxy) is 1. The first-order chi connectivity index (χ1) is 6.49. The van der Waals surface area contributed by atoms with Crippen molar-refractivity contribution in [2.45, 2.75) is 20.8 Å². The molecular weight excluding hydrogens is 200 g/mol. The Hall–Kier alpha value is -1.02. The molecule has 0 radical (unpaired) electrons. The van der Waals surface area contributed by atoms with Crippen LogP contribution in [0, 0.1) is 20.8 Å². The molecule has 1 aromatic carbocycles. The lowest BCUT2D eigenvalue weighted by atomic mass is 10.00. The summed E-state index contributed by atoms with van der Waals surface area (Å²) in [5.74, 6) is 0.586. The van der Waals surface area contributed by atoms with E-state index in [1.807, 2.05) is 26.8 Å². The quantitative estimate of drug-likeness (QED) is 0.705. The van der Waals surface area contributed by atoms with Crippen molar-refractivity contribution in [3.8, 4) is 5.75 Å². The summed E-state index contributed by atoms with van der Waals surface area (Å²) in [5, 5.41) is -0.470.